The van der Waals surface area contributed by atoms with E-state index in [1.807, 2.05) is 6.07 Å². The number of rotatable bonds is 6. The van der Waals surface area contributed by atoms with Gasteiger partial charge in [0.15, 0.2) is 4.32 Å². The summed E-state index contributed by atoms with van der Waals surface area (Å²) in [6, 6.07) is 14.1. The van der Waals surface area contributed by atoms with Crippen LogP contribution in [0.2, 0.25) is 5.02 Å². The van der Waals surface area contributed by atoms with Crippen molar-refractivity contribution < 1.29 is 19.4 Å². The van der Waals surface area contributed by atoms with E-state index in [1.54, 1.807) is 48.5 Å². The number of nitrogens with zero attached hydrogens (tertiary/aromatic N) is 1. The van der Waals surface area contributed by atoms with Gasteiger partial charge in [0.2, 0.25) is 0 Å². The Morgan fingerprint density at radius 2 is 2.04 bits per heavy atom. The van der Waals surface area contributed by atoms with Crippen LogP contribution in [0.5, 0.6) is 5.75 Å². The van der Waals surface area contributed by atoms with Crippen LogP contribution < -0.4 is 9.64 Å². The van der Waals surface area contributed by atoms with Crippen LogP contribution in [0.3, 0.4) is 0 Å². The molecule has 1 fully saturated rings. The fourth-order valence-corrected chi connectivity index (χ4v) is 3.92. The van der Waals surface area contributed by atoms with Gasteiger partial charge >= 0.3 is 5.97 Å². The molecule has 138 valence electrons. The number of benzene rings is 2. The molecule has 27 heavy (non-hydrogen) atoms. The summed E-state index contributed by atoms with van der Waals surface area (Å²) in [5.74, 6) is -0.628. The molecule has 2 aromatic carbocycles. The molecule has 0 radical (unpaired) electrons. The van der Waals surface area contributed by atoms with Crippen molar-refractivity contribution in [3.05, 3.63) is 64.0 Å². The molecule has 0 aromatic heterocycles. The maximum Gasteiger partial charge on any atom is 0.306 e. The number of para-hydroxylation sites is 1. The molecular formula is C19H14ClNO4S2. The second kappa shape index (κ2) is 8.56. The summed E-state index contributed by atoms with van der Waals surface area (Å²) in [4.78, 5) is 25.3. The van der Waals surface area contributed by atoms with Crippen molar-refractivity contribution in [1.82, 2.24) is 0 Å². The minimum absolute atomic E-state index is 0.0768. The number of hydrogen-bond acceptors (Lipinski definition) is 5. The van der Waals surface area contributed by atoms with Crippen molar-refractivity contribution in [3.63, 3.8) is 0 Å². The zero-order valence-corrected chi connectivity index (χ0v) is 16.3. The molecule has 0 bridgehead atoms. The highest BCUT2D eigenvalue weighted by molar-refractivity contribution is 8.27. The van der Waals surface area contributed by atoms with Crippen LogP contribution in [0.25, 0.3) is 6.08 Å². The van der Waals surface area contributed by atoms with Gasteiger partial charge in [-0.1, -0.05) is 59.8 Å². The molecular weight excluding hydrogens is 406 g/mol. The number of thioether (sulfide) groups is 1. The quantitative estimate of drug-likeness (QED) is 0.545. The Bertz CT molecular complexity index is 945. The van der Waals surface area contributed by atoms with E-state index in [0.717, 1.165) is 5.56 Å². The minimum atomic E-state index is -0.922. The van der Waals surface area contributed by atoms with E-state index < -0.39 is 5.97 Å². The number of carbonyl (C=O) groups is 2. The SMILES string of the molecule is O=C(O)CCOc1cccc(/C=C2/SC(=S)N(c3ccccc3Cl)C2=O)c1. The molecule has 0 atom stereocenters. The van der Waals surface area contributed by atoms with E-state index in [4.69, 9.17) is 33.7 Å². The molecule has 0 saturated carbocycles. The summed E-state index contributed by atoms with van der Waals surface area (Å²) < 4.78 is 5.83. The first kappa shape index (κ1) is 19.4. The molecule has 3 rings (SSSR count). The summed E-state index contributed by atoms with van der Waals surface area (Å²) >= 11 is 12.7. The number of aliphatic carboxylic acids is 1. The minimum Gasteiger partial charge on any atom is -0.493 e. The first-order chi connectivity index (χ1) is 13.0. The number of anilines is 1. The number of hydrogen-bond donors (Lipinski definition) is 1. The van der Waals surface area contributed by atoms with Crippen LogP contribution in [0, 0.1) is 0 Å². The third kappa shape index (κ3) is 4.68. The summed E-state index contributed by atoms with van der Waals surface area (Å²) in [7, 11) is 0. The van der Waals surface area contributed by atoms with Gasteiger partial charge in [0.05, 0.1) is 28.6 Å². The van der Waals surface area contributed by atoms with Crippen LogP contribution >= 0.6 is 35.6 Å². The van der Waals surface area contributed by atoms with E-state index in [2.05, 4.69) is 0 Å². The molecule has 1 N–H and O–H groups in total. The van der Waals surface area contributed by atoms with Crippen molar-refractivity contribution in [2.24, 2.45) is 0 Å². The van der Waals surface area contributed by atoms with Crippen LogP contribution in [0.4, 0.5) is 5.69 Å². The maximum absolute atomic E-state index is 12.8. The van der Waals surface area contributed by atoms with Gasteiger partial charge in [-0.2, -0.15) is 0 Å². The van der Waals surface area contributed by atoms with Gasteiger partial charge in [0.25, 0.3) is 5.91 Å². The lowest BCUT2D eigenvalue weighted by molar-refractivity contribution is -0.137. The van der Waals surface area contributed by atoms with Crippen molar-refractivity contribution in [3.8, 4) is 5.75 Å². The Labute approximate surface area is 170 Å². The maximum atomic E-state index is 12.8. The molecule has 0 unspecified atom stereocenters. The summed E-state index contributed by atoms with van der Waals surface area (Å²) in [6.45, 7) is 0.0768. The molecule has 2 aromatic rings. The summed E-state index contributed by atoms with van der Waals surface area (Å²) in [5, 5.41) is 9.12. The normalized spacial score (nSPS) is 15.4. The highest BCUT2D eigenvalue weighted by atomic mass is 35.5. The van der Waals surface area contributed by atoms with Gasteiger partial charge in [-0.25, -0.2) is 0 Å². The Morgan fingerprint density at radius 1 is 1.26 bits per heavy atom. The third-order valence-electron chi connectivity index (χ3n) is 3.63. The molecule has 0 aliphatic carbocycles. The predicted molar refractivity (Wildman–Crippen MR) is 111 cm³/mol. The Morgan fingerprint density at radius 3 is 2.78 bits per heavy atom. The molecule has 1 saturated heterocycles. The summed E-state index contributed by atoms with van der Waals surface area (Å²) in [6.07, 6.45) is 1.64. The monoisotopic (exact) mass is 419 g/mol. The smallest absolute Gasteiger partial charge is 0.306 e. The van der Waals surface area contributed by atoms with Gasteiger partial charge in [-0.15, -0.1) is 0 Å². The standard InChI is InChI=1S/C19H14ClNO4S2/c20-14-6-1-2-7-15(14)21-18(24)16(27-19(21)26)11-12-4-3-5-13(10-12)25-9-8-17(22)23/h1-7,10-11H,8-9H2,(H,22,23)/b16-11+. The number of carboxylic acid groups (broad SMARTS) is 1. The fraction of sp³-hybridized carbons (Fsp3) is 0.105. The van der Waals surface area contributed by atoms with Crippen molar-refractivity contribution >= 4 is 63.5 Å². The van der Waals surface area contributed by atoms with Gasteiger partial charge in [0, 0.05) is 0 Å². The van der Waals surface area contributed by atoms with Crippen LogP contribution in [-0.4, -0.2) is 27.9 Å². The van der Waals surface area contributed by atoms with Gasteiger partial charge < -0.3 is 9.84 Å². The number of ether oxygens (including phenoxy) is 1. The van der Waals surface area contributed by atoms with E-state index in [0.29, 0.717) is 25.7 Å². The topological polar surface area (TPSA) is 66.8 Å². The number of amides is 1. The molecule has 8 heteroatoms. The second-order valence-corrected chi connectivity index (χ2v) is 7.62. The lowest BCUT2D eigenvalue weighted by Crippen LogP contribution is -2.27. The molecule has 1 heterocycles. The summed E-state index contributed by atoms with van der Waals surface area (Å²) in [5.41, 5.74) is 1.30. The van der Waals surface area contributed by atoms with Crippen molar-refractivity contribution in [2.75, 3.05) is 11.5 Å². The van der Waals surface area contributed by atoms with Crippen LogP contribution in [0.1, 0.15) is 12.0 Å². The first-order valence-electron chi connectivity index (χ1n) is 7.93. The fourth-order valence-electron chi connectivity index (χ4n) is 2.41. The zero-order valence-electron chi connectivity index (χ0n) is 13.9. The number of carbonyl (C=O) groups excluding carboxylic acids is 1. The Balaban J connectivity index is 1.80. The second-order valence-electron chi connectivity index (χ2n) is 5.53. The zero-order chi connectivity index (χ0) is 19.4. The van der Waals surface area contributed by atoms with E-state index >= 15 is 0 Å². The van der Waals surface area contributed by atoms with E-state index in [1.165, 1.54) is 16.7 Å². The van der Waals surface area contributed by atoms with Gasteiger partial charge in [-0.05, 0) is 35.9 Å². The lowest BCUT2D eigenvalue weighted by atomic mass is 10.2. The average Bonchev–Trinajstić information content (AvgIpc) is 2.89. The molecule has 1 aliphatic rings. The van der Waals surface area contributed by atoms with E-state index in [-0.39, 0.29) is 18.9 Å². The van der Waals surface area contributed by atoms with Gasteiger partial charge in [0.1, 0.15) is 5.75 Å². The third-order valence-corrected chi connectivity index (χ3v) is 5.25. The molecule has 1 aliphatic heterocycles. The number of halogens is 1. The first-order valence-corrected chi connectivity index (χ1v) is 9.53. The Hall–Kier alpha value is -2.35. The lowest BCUT2D eigenvalue weighted by Gasteiger charge is -2.15. The molecule has 5 nitrogen and oxygen atoms in total. The van der Waals surface area contributed by atoms with Crippen LogP contribution in [-0.2, 0) is 9.59 Å². The van der Waals surface area contributed by atoms with Crippen molar-refractivity contribution in [2.45, 2.75) is 6.42 Å². The van der Waals surface area contributed by atoms with E-state index in [9.17, 15) is 9.59 Å². The highest BCUT2D eigenvalue weighted by Crippen LogP contribution is 2.38. The number of carboxylic acids is 1. The van der Waals surface area contributed by atoms with Crippen molar-refractivity contribution in [1.29, 1.82) is 0 Å². The largest absolute Gasteiger partial charge is 0.493 e. The predicted octanol–water partition coefficient (Wildman–Crippen LogP) is 4.60. The van der Waals surface area contributed by atoms with Gasteiger partial charge in [-0.3, -0.25) is 14.5 Å². The number of thiocarbonyl (C=S) groups is 1. The average molecular weight is 420 g/mol. The molecule has 0 spiro atoms. The van der Waals surface area contributed by atoms with Crippen LogP contribution in [0.15, 0.2) is 53.4 Å². The molecule has 1 amide bonds. The Kier molecular flexibility index (Phi) is 6.15. The highest BCUT2D eigenvalue weighted by Gasteiger charge is 2.34.